The number of hydrogen-bond donors (Lipinski definition) is 1. The van der Waals surface area contributed by atoms with Gasteiger partial charge < -0.3 is 15.0 Å². The van der Waals surface area contributed by atoms with Crippen molar-refractivity contribution in [3.8, 4) is 0 Å². The number of halogens is 1. The van der Waals surface area contributed by atoms with Gasteiger partial charge in [-0.2, -0.15) is 0 Å². The van der Waals surface area contributed by atoms with Gasteiger partial charge >= 0.3 is 5.82 Å². The highest BCUT2D eigenvalue weighted by atomic mass is 19.1. The van der Waals surface area contributed by atoms with Gasteiger partial charge in [-0.3, -0.25) is 14.5 Å². The third-order valence-electron chi connectivity index (χ3n) is 4.17. The molecular weight excluding hydrogens is 345 g/mol. The number of carbonyl (C=O) groups excluding carboxylic acids is 2. The van der Waals surface area contributed by atoms with E-state index in [1.54, 1.807) is 4.90 Å². The van der Waals surface area contributed by atoms with E-state index in [-0.39, 0.29) is 29.7 Å². The van der Waals surface area contributed by atoms with Crippen molar-refractivity contribution < 1.29 is 18.9 Å². The quantitative estimate of drug-likeness (QED) is 0.485. The molecule has 0 bridgehead atoms. The first kappa shape index (κ1) is 17.7. The molecule has 2 heterocycles. The molecule has 1 aromatic heterocycles. The van der Waals surface area contributed by atoms with Crippen molar-refractivity contribution in [3.05, 3.63) is 57.5 Å². The molecule has 1 saturated heterocycles. The summed E-state index contributed by atoms with van der Waals surface area (Å²) in [7, 11) is 0. The SMILES string of the molecule is O=C(CN1CCN(C(=O)c2cc([N+](=O)[O-])[nH]n2)CC1)c1ccc(F)cc1. The van der Waals surface area contributed by atoms with Gasteiger partial charge in [0, 0.05) is 31.7 Å². The lowest BCUT2D eigenvalue weighted by Gasteiger charge is -2.33. The van der Waals surface area contributed by atoms with E-state index in [0.29, 0.717) is 31.7 Å². The molecule has 9 nitrogen and oxygen atoms in total. The normalized spacial score (nSPS) is 15.0. The zero-order chi connectivity index (χ0) is 18.7. The second-order valence-corrected chi connectivity index (χ2v) is 5.89. The Morgan fingerprint density at radius 1 is 1.19 bits per heavy atom. The number of nitro groups is 1. The van der Waals surface area contributed by atoms with E-state index in [4.69, 9.17) is 0 Å². The second-order valence-electron chi connectivity index (χ2n) is 5.89. The number of aromatic nitrogens is 2. The summed E-state index contributed by atoms with van der Waals surface area (Å²) in [5.41, 5.74) is 0.432. The summed E-state index contributed by atoms with van der Waals surface area (Å²) in [6.45, 7) is 1.93. The van der Waals surface area contributed by atoms with Crippen LogP contribution in [-0.4, -0.2) is 69.3 Å². The van der Waals surface area contributed by atoms with E-state index < -0.39 is 10.7 Å². The van der Waals surface area contributed by atoms with Gasteiger partial charge in [0.1, 0.15) is 5.82 Å². The Balaban J connectivity index is 1.53. The van der Waals surface area contributed by atoms with Crippen LogP contribution in [0.25, 0.3) is 0 Å². The number of benzene rings is 1. The number of ketones is 1. The molecule has 1 aromatic carbocycles. The number of rotatable bonds is 5. The van der Waals surface area contributed by atoms with Gasteiger partial charge in [-0.1, -0.05) is 5.10 Å². The molecule has 26 heavy (non-hydrogen) atoms. The van der Waals surface area contributed by atoms with Crippen molar-refractivity contribution in [2.75, 3.05) is 32.7 Å². The summed E-state index contributed by atoms with van der Waals surface area (Å²) in [5.74, 6) is -1.24. The number of amides is 1. The van der Waals surface area contributed by atoms with Gasteiger partial charge in [-0.25, -0.2) is 4.39 Å². The number of aromatic amines is 1. The highest BCUT2D eigenvalue weighted by Crippen LogP contribution is 2.13. The van der Waals surface area contributed by atoms with Crippen LogP contribution in [-0.2, 0) is 0 Å². The lowest BCUT2D eigenvalue weighted by Crippen LogP contribution is -2.50. The minimum atomic E-state index is -0.650. The molecule has 1 fully saturated rings. The van der Waals surface area contributed by atoms with Gasteiger partial charge in [0.05, 0.1) is 12.6 Å². The maximum absolute atomic E-state index is 12.9. The highest BCUT2D eigenvalue weighted by molar-refractivity contribution is 5.97. The van der Waals surface area contributed by atoms with Gasteiger partial charge in [-0.05, 0) is 29.2 Å². The highest BCUT2D eigenvalue weighted by Gasteiger charge is 2.26. The van der Waals surface area contributed by atoms with Gasteiger partial charge in [-0.15, -0.1) is 5.10 Å². The predicted octanol–water partition coefficient (Wildman–Crippen LogP) is 1.10. The molecule has 2 aromatic rings. The van der Waals surface area contributed by atoms with E-state index in [1.807, 2.05) is 4.90 Å². The maximum Gasteiger partial charge on any atom is 0.343 e. The monoisotopic (exact) mass is 361 g/mol. The molecule has 1 N–H and O–H groups in total. The standard InChI is InChI=1S/C16H16FN5O4/c17-12-3-1-11(2-4-12)14(23)10-20-5-7-21(8-6-20)16(24)13-9-15(19-18-13)22(25)26/h1-4,9H,5-8,10H2,(H,18,19). The van der Waals surface area contributed by atoms with Crippen molar-refractivity contribution >= 4 is 17.5 Å². The van der Waals surface area contributed by atoms with E-state index in [1.165, 1.54) is 24.3 Å². The van der Waals surface area contributed by atoms with E-state index >= 15 is 0 Å². The molecule has 10 heteroatoms. The largest absolute Gasteiger partial charge is 0.358 e. The van der Waals surface area contributed by atoms with Crippen molar-refractivity contribution in [2.24, 2.45) is 0 Å². The number of Topliss-reactive ketones (excluding diaryl/α,β-unsaturated/α-hetero) is 1. The number of hydrogen-bond acceptors (Lipinski definition) is 6. The van der Waals surface area contributed by atoms with Crippen molar-refractivity contribution in [2.45, 2.75) is 0 Å². The minimum absolute atomic E-state index is 0.00691. The Labute approximate surface area is 147 Å². The van der Waals surface area contributed by atoms with E-state index in [9.17, 15) is 24.1 Å². The second kappa shape index (κ2) is 7.40. The summed E-state index contributed by atoms with van der Waals surface area (Å²) >= 11 is 0. The first-order valence-corrected chi connectivity index (χ1v) is 7.94. The fraction of sp³-hybridized carbons (Fsp3) is 0.312. The lowest BCUT2D eigenvalue weighted by atomic mass is 10.1. The van der Waals surface area contributed by atoms with Gasteiger partial charge in [0.25, 0.3) is 5.91 Å². The molecule has 0 saturated carbocycles. The summed E-state index contributed by atoms with van der Waals surface area (Å²) < 4.78 is 12.9. The zero-order valence-electron chi connectivity index (χ0n) is 13.7. The average molecular weight is 361 g/mol. The van der Waals surface area contributed by atoms with Crippen LogP contribution in [0.2, 0.25) is 0 Å². The van der Waals surface area contributed by atoms with Crippen LogP contribution < -0.4 is 0 Å². The lowest BCUT2D eigenvalue weighted by molar-refractivity contribution is -0.389. The van der Waals surface area contributed by atoms with Gasteiger partial charge in [0.2, 0.25) is 0 Å². The smallest absolute Gasteiger partial charge is 0.343 e. The molecule has 1 aliphatic rings. The summed E-state index contributed by atoms with van der Waals surface area (Å²) in [6, 6.07) is 6.48. The fourth-order valence-electron chi connectivity index (χ4n) is 2.72. The molecule has 0 unspecified atom stereocenters. The molecule has 1 aliphatic heterocycles. The molecule has 0 aliphatic carbocycles. The molecule has 1 amide bonds. The Kier molecular flexibility index (Phi) is 5.03. The molecule has 0 atom stereocenters. The Hall–Kier alpha value is -3.14. The molecule has 0 radical (unpaired) electrons. The number of piperazine rings is 1. The van der Waals surface area contributed by atoms with Gasteiger partial charge in [0.15, 0.2) is 11.5 Å². The minimum Gasteiger partial charge on any atom is -0.358 e. The van der Waals surface area contributed by atoms with Crippen molar-refractivity contribution in [1.82, 2.24) is 20.0 Å². The summed E-state index contributed by atoms with van der Waals surface area (Å²) in [5, 5.41) is 16.5. The van der Waals surface area contributed by atoms with E-state index in [2.05, 4.69) is 10.2 Å². The maximum atomic E-state index is 12.9. The van der Waals surface area contributed by atoms with Crippen LogP contribution in [0.4, 0.5) is 10.2 Å². The topological polar surface area (TPSA) is 112 Å². The number of nitrogens with one attached hydrogen (secondary N) is 1. The zero-order valence-corrected chi connectivity index (χ0v) is 13.7. The predicted molar refractivity (Wildman–Crippen MR) is 88.3 cm³/mol. The average Bonchev–Trinajstić information content (AvgIpc) is 3.13. The van der Waals surface area contributed by atoms with Crippen molar-refractivity contribution in [1.29, 1.82) is 0 Å². The van der Waals surface area contributed by atoms with Crippen LogP contribution in [0, 0.1) is 15.9 Å². The molecular formula is C16H16FN5O4. The summed E-state index contributed by atoms with van der Waals surface area (Å²) in [4.78, 5) is 38.0. The molecule has 3 rings (SSSR count). The third kappa shape index (κ3) is 3.91. The molecule has 136 valence electrons. The van der Waals surface area contributed by atoms with Crippen molar-refractivity contribution in [3.63, 3.8) is 0 Å². The van der Waals surface area contributed by atoms with Crippen LogP contribution >= 0.6 is 0 Å². The van der Waals surface area contributed by atoms with Crippen LogP contribution in [0.1, 0.15) is 20.8 Å². The summed E-state index contributed by atoms with van der Waals surface area (Å²) in [6.07, 6.45) is 0. The Morgan fingerprint density at radius 3 is 2.42 bits per heavy atom. The fourth-order valence-corrected chi connectivity index (χ4v) is 2.72. The first-order valence-electron chi connectivity index (χ1n) is 7.94. The Morgan fingerprint density at radius 2 is 1.85 bits per heavy atom. The first-order chi connectivity index (χ1) is 12.4. The van der Waals surface area contributed by atoms with E-state index in [0.717, 1.165) is 6.07 Å². The third-order valence-corrected chi connectivity index (χ3v) is 4.17. The number of H-pyrrole nitrogens is 1. The molecule has 0 spiro atoms. The number of nitrogens with zero attached hydrogens (tertiary/aromatic N) is 4. The van der Waals surface area contributed by atoms with Crippen LogP contribution in [0.5, 0.6) is 0 Å². The van der Waals surface area contributed by atoms with Crippen LogP contribution in [0.15, 0.2) is 30.3 Å². The Bertz CT molecular complexity index is 827. The van der Waals surface area contributed by atoms with Crippen LogP contribution in [0.3, 0.4) is 0 Å². The number of carbonyl (C=O) groups is 2.